The Morgan fingerprint density at radius 1 is 1.50 bits per heavy atom. The first kappa shape index (κ1) is 10.8. The van der Waals surface area contributed by atoms with Gasteiger partial charge in [0.05, 0.1) is 12.1 Å². The van der Waals surface area contributed by atoms with Crippen LogP contribution in [0.2, 0.25) is 0 Å². The monoisotopic (exact) mass is 222 g/mol. The Morgan fingerprint density at radius 3 is 2.81 bits per heavy atom. The number of aromatic nitrogens is 2. The van der Waals surface area contributed by atoms with Crippen molar-refractivity contribution in [2.45, 2.75) is 19.1 Å². The summed E-state index contributed by atoms with van der Waals surface area (Å²) < 4.78 is 0. The van der Waals surface area contributed by atoms with Crippen LogP contribution >= 0.6 is 0 Å². The standard InChI is InChI=1S/C10H14N4O2/c1-7(15)13-8-5-14(6-9(8)16)10-11-3-2-4-12-10/h2-4,8-9,16H,5-6H2,1H3,(H,13,15)/t8-,9-/m1/s1. The highest BCUT2D eigenvalue weighted by Crippen LogP contribution is 2.15. The Hall–Kier alpha value is -1.69. The van der Waals surface area contributed by atoms with E-state index in [1.54, 1.807) is 18.5 Å². The molecule has 86 valence electrons. The summed E-state index contributed by atoms with van der Waals surface area (Å²) in [5.74, 6) is 0.439. The summed E-state index contributed by atoms with van der Waals surface area (Å²) in [6.45, 7) is 2.41. The number of aliphatic hydroxyl groups excluding tert-OH is 1. The first-order chi connectivity index (χ1) is 7.66. The zero-order chi connectivity index (χ0) is 11.5. The smallest absolute Gasteiger partial charge is 0.225 e. The minimum Gasteiger partial charge on any atom is -0.389 e. The van der Waals surface area contributed by atoms with Gasteiger partial charge < -0.3 is 15.3 Å². The maximum absolute atomic E-state index is 10.9. The molecule has 1 amide bonds. The Balaban J connectivity index is 2.04. The Kier molecular flexibility index (Phi) is 3.00. The molecule has 1 aliphatic heterocycles. The van der Waals surface area contributed by atoms with Gasteiger partial charge in [0.15, 0.2) is 0 Å². The summed E-state index contributed by atoms with van der Waals surface area (Å²) in [6.07, 6.45) is 2.73. The molecule has 1 aromatic heterocycles. The molecular weight excluding hydrogens is 208 g/mol. The lowest BCUT2D eigenvalue weighted by Crippen LogP contribution is -2.41. The molecule has 2 heterocycles. The topological polar surface area (TPSA) is 78.4 Å². The molecule has 16 heavy (non-hydrogen) atoms. The van der Waals surface area contributed by atoms with Crippen molar-refractivity contribution in [3.63, 3.8) is 0 Å². The summed E-state index contributed by atoms with van der Waals surface area (Å²) in [7, 11) is 0. The minimum atomic E-state index is -0.576. The van der Waals surface area contributed by atoms with E-state index in [4.69, 9.17) is 0 Å². The Bertz CT molecular complexity index is 370. The summed E-state index contributed by atoms with van der Waals surface area (Å²) in [4.78, 5) is 21.0. The fourth-order valence-corrected chi connectivity index (χ4v) is 1.81. The fraction of sp³-hybridized carbons (Fsp3) is 0.500. The number of β-amino-alcohol motifs (C(OH)–C–C–N with tert-alkyl or cyclic N) is 1. The van der Waals surface area contributed by atoms with Crippen LogP contribution in [-0.4, -0.2) is 46.2 Å². The van der Waals surface area contributed by atoms with E-state index in [2.05, 4.69) is 15.3 Å². The highest BCUT2D eigenvalue weighted by atomic mass is 16.3. The maximum atomic E-state index is 10.9. The van der Waals surface area contributed by atoms with Gasteiger partial charge in [-0.2, -0.15) is 0 Å². The number of nitrogens with zero attached hydrogens (tertiary/aromatic N) is 3. The second kappa shape index (κ2) is 4.44. The van der Waals surface area contributed by atoms with E-state index in [1.807, 2.05) is 4.90 Å². The number of rotatable bonds is 2. The average molecular weight is 222 g/mol. The van der Waals surface area contributed by atoms with Gasteiger partial charge in [-0.05, 0) is 6.07 Å². The van der Waals surface area contributed by atoms with Crippen LogP contribution in [0.15, 0.2) is 18.5 Å². The molecule has 6 nitrogen and oxygen atoms in total. The molecule has 0 spiro atoms. The van der Waals surface area contributed by atoms with Crippen molar-refractivity contribution in [1.29, 1.82) is 0 Å². The third-order valence-electron chi connectivity index (χ3n) is 2.51. The van der Waals surface area contributed by atoms with Gasteiger partial charge in [0, 0.05) is 32.4 Å². The number of carbonyl (C=O) groups excluding carboxylic acids is 1. The largest absolute Gasteiger partial charge is 0.389 e. The predicted molar refractivity (Wildman–Crippen MR) is 57.9 cm³/mol. The van der Waals surface area contributed by atoms with Crippen LogP contribution in [0.1, 0.15) is 6.92 Å². The SMILES string of the molecule is CC(=O)N[C@@H]1CN(c2ncccn2)C[C@H]1O. The number of hydrogen-bond acceptors (Lipinski definition) is 5. The quantitative estimate of drug-likeness (QED) is 0.682. The third-order valence-corrected chi connectivity index (χ3v) is 2.51. The molecule has 6 heteroatoms. The number of nitrogens with one attached hydrogen (secondary N) is 1. The van der Waals surface area contributed by atoms with Gasteiger partial charge in [0.2, 0.25) is 11.9 Å². The summed E-state index contributed by atoms with van der Waals surface area (Å²) in [5.41, 5.74) is 0. The van der Waals surface area contributed by atoms with Gasteiger partial charge in [-0.25, -0.2) is 9.97 Å². The molecule has 0 unspecified atom stereocenters. The molecule has 2 rings (SSSR count). The van der Waals surface area contributed by atoms with Crippen LogP contribution in [-0.2, 0) is 4.79 Å². The van der Waals surface area contributed by atoms with Crippen molar-refractivity contribution >= 4 is 11.9 Å². The zero-order valence-electron chi connectivity index (χ0n) is 9.00. The molecule has 1 saturated heterocycles. The number of hydrogen-bond donors (Lipinski definition) is 2. The van der Waals surface area contributed by atoms with Crippen molar-refractivity contribution in [2.24, 2.45) is 0 Å². The second-order valence-electron chi connectivity index (χ2n) is 3.83. The molecule has 1 aromatic rings. The number of aliphatic hydroxyl groups is 1. The lowest BCUT2D eigenvalue weighted by atomic mass is 10.2. The van der Waals surface area contributed by atoms with E-state index in [0.29, 0.717) is 19.0 Å². The van der Waals surface area contributed by atoms with Crippen LogP contribution in [0.4, 0.5) is 5.95 Å². The van der Waals surface area contributed by atoms with Gasteiger partial charge >= 0.3 is 0 Å². The molecule has 0 saturated carbocycles. The molecule has 1 fully saturated rings. The molecule has 1 aliphatic rings. The summed E-state index contributed by atoms with van der Waals surface area (Å²) in [6, 6.07) is 1.49. The molecule has 2 N–H and O–H groups in total. The molecule has 0 radical (unpaired) electrons. The number of amides is 1. The normalized spacial score (nSPS) is 24.5. The van der Waals surface area contributed by atoms with E-state index in [0.717, 1.165) is 0 Å². The molecule has 0 bridgehead atoms. The fourth-order valence-electron chi connectivity index (χ4n) is 1.81. The Labute approximate surface area is 93.3 Å². The Morgan fingerprint density at radius 2 is 2.19 bits per heavy atom. The molecule has 2 atom stereocenters. The van der Waals surface area contributed by atoms with E-state index < -0.39 is 6.10 Å². The maximum Gasteiger partial charge on any atom is 0.225 e. The van der Waals surface area contributed by atoms with E-state index in [-0.39, 0.29) is 11.9 Å². The van der Waals surface area contributed by atoms with Crippen LogP contribution in [0.3, 0.4) is 0 Å². The van der Waals surface area contributed by atoms with E-state index >= 15 is 0 Å². The van der Waals surface area contributed by atoms with Gasteiger partial charge in [0.25, 0.3) is 0 Å². The molecule has 0 aromatic carbocycles. The van der Waals surface area contributed by atoms with Crippen molar-refractivity contribution in [3.05, 3.63) is 18.5 Å². The van der Waals surface area contributed by atoms with Crippen LogP contribution in [0.5, 0.6) is 0 Å². The van der Waals surface area contributed by atoms with E-state index in [1.165, 1.54) is 6.92 Å². The zero-order valence-corrected chi connectivity index (χ0v) is 9.00. The van der Waals surface area contributed by atoms with Crippen LogP contribution in [0.25, 0.3) is 0 Å². The van der Waals surface area contributed by atoms with Gasteiger partial charge in [-0.1, -0.05) is 0 Å². The van der Waals surface area contributed by atoms with Crippen molar-refractivity contribution in [2.75, 3.05) is 18.0 Å². The lowest BCUT2D eigenvalue weighted by molar-refractivity contribution is -0.120. The van der Waals surface area contributed by atoms with Crippen molar-refractivity contribution < 1.29 is 9.90 Å². The first-order valence-electron chi connectivity index (χ1n) is 5.14. The van der Waals surface area contributed by atoms with Crippen LogP contribution < -0.4 is 10.2 Å². The number of carbonyl (C=O) groups is 1. The molecule has 0 aliphatic carbocycles. The first-order valence-corrected chi connectivity index (χ1v) is 5.14. The minimum absolute atomic E-state index is 0.139. The summed E-state index contributed by atoms with van der Waals surface area (Å²) in [5, 5.41) is 12.5. The summed E-state index contributed by atoms with van der Waals surface area (Å²) >= 11 is 0. The van der Waals surface area contributed by atoms with Crippen LogP contribution in [0, 0.1) is 0 Å². The van der Waals surface area contributed by atoms with Crippen molar-refractivity contribution in [1.82, 2.24) is 15.3 Å². The third kappa shape index (κ3) is 2.27. The van der Waals surface area contributed by atoms with Gasteiger partial charge in [0.1, 0.15) is 0 Å². The second-order valence-corrected chi connectivity index (χ2v) is 3.83. The average Bonchev–Trinajstić information content (AvgIpc) is 2.61. The van der Waals surface area contributed by atoms with Gasteiger partial charge in [-0.15, -0.1) is 0 Å². The van der Waals surface area contributed by atoms with Gasteiger partial charge in [-0.3, -0.25) is 4.79 Å². The molecular formula is C10H14N4O2. The van der Waals surface area contributed by atoms with Crippen molar-refractivity contribution in [3.8, 4) is 0 Å². The lowest BCUT2D eigenvalue weighted by Gasteiger charge is -2.15. The van der Waals surface area contributed by atoms with E-state index in [9.17, 15) is 9.90 Å². The highest BCUT2D eigenvalue weighted by Gasteiger charge is 2.32. The highest BCUT2D eigenvalue weighted by molar-refractivity contribution is 5.73. The predicted octanol–water partition coefficient (Wildman–Crippen LogP) is -0.838. The number of anilines is 1.